The number of carbonyl (C=O) groups is 1. The van der Waals surface area contributed by atoms with Gasteiger partial charge in [-0.1, -0.05) is 13.0 Å². The second kappa shape index (κ2) is 11.5. The third-order valence-corrected chi connectivity index (χ3v) is 0.848. The summed E-state index contributed by atoms with van der Waals surface area (Å²) in [7, 11) is 6.00. The van der Waals surface area contributed by atoms with Crippen molar-refractivity contribution in [3.05, 3.63) is 11.6 Å². The summed E-state index contributed by atoms with van der Waals surface area (Å²) in [5, 5.41) is 8.24. The first-order valence-electron chi connectivity index (χ1n) is 3.92. The van der Waals surface area contributed by atoms with Crippen LogP contribution >= 0.6 is 12.4 Å². The lowest BCUT2D eigenvalue weighted by molar-refractivity contribution is -0.132. The summed E-state index contributed by atoms with van der Waals surface area (Å²) in [6.45, 7) is 3.50. The Morgan fingerprint density at radius 3 is 1.77 bits per heavy atom. The Morgan fingerprint density at radius 2 is 1.69 bits per heavy atom. The van der Waals surface area contributed by atoms with Gasteiger partial charge in [0.05, 0.1) is 0 Å². The molecule has 0 aliphatic rings. The van der Waals surface area contributed by atoms with Gasteiger partial charge in [-0.25, -0.2) is 4.79 Å². The van der Waals surface area contributed by atoms with Crippen LogP contribution in [-0.2, 0) is 4.79 Å². The van der Waals surface area contributed by atoms with Crippen LogP contribution in [0.25, 0.3) is 0 Å². The van der Waals surface area contributed by atoms with Crippen LogP contribution in [0.1, 0.15) is 20.3 Å². The van der Waals surface area contributed by atoms with Gasteiger partial charge in [-0.3, -0.25) is 0 Å². The van der Waals surface area contributed by atoms with Crippen molar-refractivity contribution in [2.45, 2.75) is 20.3 Å². The molecule has 0 atom stereocenters. The predicted octanol–water partition coefficient (Wildman–Crippen LogP) is 2.03. The van der Waals surface area contributed by atoms with E-state index < -0.39 is 5.97 Å². The topological polar surface area (TPSA) is 40.5 Å². The fraction of sp³-hybridized carbons (Fsp3) is 0.667. The predicted molar refractivity (Wildman–Crippen MR) is 58.5 cm³/mol. The summed E-state index contributed by atoms with van der Waals surface area (Å²) in [5.41, 5.74) is 0.424. The van der Waals surface area contributed by atoms with Crippen LogP contribution in [0.3, 0.4) is 0 Å². The summed E-state index contributed by atoms with van der Waals surface area (Å²) in [6, 6.07) is 0. The maximum atomic E-state index is 10.0. The molecule has 3 nitrogen and oxygen atoms in total. The van der Waals surface area contributed by atoms with Gasteiger partial charge in [0.25, 0.3) is 0 Å². The van der Waals surface area contributed by atoms with Gasteiger partial charge < -0.3 is 10.0 Å². The van der Waals surface area contributed by atoms with Crippen LogP contribution in [0.15, 0.2) is 11.6 Å². The number of carboxylic acid groups (broad SMARTS) is 1. The molecule has 0 saturated carbocycles. The Kier molecular flexibility index (Phi) is 16.1. The minimum atomic E-state index is -0.827. The van der Waals surface area contributed by atoms with Crippen molar-refractivity contribution in [1.29, 1.82) is 0 Å². The number of rotatable bonds is 2. The Hall–Kier alpha value is -0.540. The van der Waals surface area contributed by atoms with Gasteiger partial charge in [-0.05, 0) is 34.5 Å². The molecule has 4 heteroatoms. The molecule has 0 aromatic rings. The van der Waals surface area contributed by atoms with E-state index in [-0.39, 0.29) is 12.4 Å². The van der Waals surface area contributed by atoms with E-state index in [1.165, 1.54) is 0 Å². The molecule has 0 bridgehead atoms. The SMILES string of the molecule is CCC=C(C)C(=O)O.CN(C)C.Cl. The molecular weight excluding hydrogens is 190 g/mol. The van der Waals surface area contributed by atoms with Crippen LogP contribution in [0.4, 0.5) is 0 Å². The standard InChI is InChI=1S/C6H10O2.C3H9N.ClH/c1-3-4-5(2)6(7)8;1-4(2)3;/h4H,3H2,1-2H3,(H,7,8);1-3H3;1H. The van der Waals surface area contributed by atoms with Crippen molar-refractivity contribution in [3.8, 4) is 0 Å². The number of carboxylic acids is 1. The third-order valence-electron chi connectivity index (χ3n) is 0.848. The van der Waals surface area contributed by atoms with Gasteiger partial charge >= 0.3 is 5.97 Å². The molecule has 0 rings (SSSR count). The van der Waals surface area contributed by atoms with Gasteiger partial charge in [-0.2, -0.15) is 0 Å². The third kappa shape index (κ3) is 24.6. The van der Waals surface area contributed by atoms with Gasteiger partial charge in [-0.15, -0.1) is 12.4 Å². The summed E-state index contributed by atoms with van der Waals surface area (Å²) >= 11 is 0. The first-order chi connectivity index (χ1) is 5.41. The summed E-state index contributed by atoms with van der Waals surface area (Å²) < 4.78 is 0. The molecule has 0 aromatic heterocycles. The Morgan fingerprint density at radius 1 is 1.38 bits per heavy atom. The van der Waals surface area contributed by atoms with Crippen molar-refractivity contribution in [1.82, 2.24) is 4.90 Å². The Bertz CT molecular complexity index is 153. The zero-order valence-electron chi connectivity index (χ0n) is 9.00. The van der Waals surface area contributed by atoms with Gasteiger partial charge in [0.1, 0.15) is 0 Å². The molecule has 0 amide bonds. The lowest BCUT2D eigenvalue weighted by atomic mass is 10.2. The Balaban J connectivity index is -0.000000173. The highest BCUT2D eigenvalue weighted by molar-refractivity contribution is 5.85. The number of halogens is 1. The van der Waals surface area contributed by atoms with Crippen molar-refractivity contribution in [2.24, 2.45) is 0 Å². The first kappa shape index (κ1) is 18.3. The molecule has 0 aromatic carbocycles. The second-order valence-corrected chi connectivity index (χ2v) is 2.94. The molecule has 0 fully saturated rings. The molecule has 0 aliphatic heterocycles. The lowest BCUT2D eigenvalue weighted by Gasteiger charge is -1.90. The molecule has 13 heavy (non-hydrogen) atoms. The molecular formula is C9H20ClNO2. The Labute approximate surface area is 86.8 Å². The smallest absolute Gasteiger partial charge is 0.330 e. The fourth-order valence-electron chi connectivity index (χ4n) is 0.393. The van der Waals surface area contributed by atoms with Gasteiger partial charge in [0.2, 0.25) is 0 Å². The number of allylic oxidation sites excluding steroid dienone is 1. The largest absolute Gasteiger partial charge is 0.478 e. The van der Waals surface area contributed by atoms with Gasteiger partial charge in [0.15, 0.2) is 0 Å². The summed E-state index contributed by atoms with van der Waals surface area (Å²) in [4.78, 5) is 12.0. The number of hydrogen-bond acceptors (Lipinski definition) is 2. The molecule has 0 saturated heterocycles. The minimum absolute atomic E-state index is 0. The van der Waals surface area contributed by atoms with Crippen molar-refractivity contribution >= 4 is 18.4 Å². The fourth-order valence-corrected chi connectivity index (χ4v) is 0.393. The zero-order chi connectivity index (χ0) is 10.1. The van der Waals surface area contributed by atoms with E-state index in [0.29, 0.717) is 5.57 Å². The molecule has 0 unspecified atom stereocenters. The van der Waals surface area contributed by atoms with Crippen LogP contribution in [-0.4, -0.2) is 37.1 Å². The van der Waals surface area contributed by atoms with E-state index in [0.717, 1.165) is 6.42 Å². The minimum Gasteiger partial charge on any atom is -0.478 e. The first-order valence-corrected chi connectivity index (χ1v) is 3.92. The monoisotopic (exact) mass is 209 g/mol. The van der Waals surface area contributed by atoms with Crippen molar-refractivity contribution in [3.63, 3.8) is 0 Å². The van der Waals surface area contributed by atoms with E-state index >= 15 is 0 Å². The lowest BCUT2D eigenvalue weighted by Crippen LogP contribution is -1.99. The molecule has 0 aliphatic carbocycles. The molecule has 0 heterocycles. The average Bonchev–Trinajstić information content (AvgIpc) is 1.86. The molecule has 0 radical (unpaired) electrons. The highest BCUT2D eigenvalue weighted by atomic mass is 35.5. The molecule has 0 spiro atoms. The highest BCUT2D eigenvalue weighted by Gasteiger charge is 1.94. The summed E-state index contributed by atoms with van der Waals surface area (Å²) in [6.07, 6.45) is 2.47. The van der Waals surface area contributed by atoms with E-state index in [9.17, 15) is 4.79 Å². The maximum absolute atomic E-state index is 10.0. The number of nitrogens with zero attached hydrogens (tertiary/aromatic N) is 1. The van der Waals surface area contributed by atoms with E-state index in [1.807, 2.05) is 33.0 Å². The quantitative estimate of drug-likeness (QED) is 0.708. The van der Waals surface area contributed by atoms with E-state index in [2.05, 4.69) is 0 Å². The van der Waals surface area contributed by atoms with Crippen LogP contribution in [0.2, 0.25) is 0 Å². The maximum Gasteiger partial charge on any atom is 0.330 e. The highest BCUT2D eigenvalue weighted by Crippen LogP contribution is 1.92. The zero-order valence-corrected chi connectivity index (χ0v) is 9.81. The molecule has 80 valence electrons. The van der Waals surface area contributed by atoms with Gasteiger partial charge in [0, 0.05) is 5.57 Å². The van der Waals surface area contributed by atoms with E-state index in [1.54, 1.807) is 13.0 Å². The molecule has 1 N–H and O–H groups in total. The van der Waals surface area contributed by atoms with Crippen LogP contribution < -0.4 is 0 Å². The summed E-state index contributed by atoms with van der Waals surface area (Å²) in [5.74, 6) is -0.827. The number of hydrogen-bond donors (Lipinski definition) is 1. The van der Waals surface area contributed by atoms with Crippen LogP contribution in [0, 0.1) is 0 Å². The van der Waals surface area contributed by atoms with E-state index in [4.69, 9.17) is 5.11 Å². The number of aliphatic carboxylic acids is 1. The van der Waals surface area contributed by atoms with Crippen molar-refractivity contribution < 1.29 is 9.90 Å². The van der Waals surface area contributed by atoms with Crippen LogP contribution in [0.5, 0.6) is 0 Å². The normalized spacial score (nSPS) is 9.85. The van der Waals surface area contributed by atoms with Crippen molar-refractivity contribution in [2.75, 3.05) is 21.1 Å². The second-order valence-electron chi connectivity index (χ2n) is 2.94. The average molecular weight is 210 g/mol.